The molecule has 206 valence electrons. The van der Waals surface area contributed by atoms with E-state index in [1.807, 2.05) is 69.3 Å². The van der Waals surface area contributed by atoms with Crippen LogP contribution in [0.1, 0.15) is 56.2 Å². The smallest absolute Gasteiger partial charge is 0.246 e. The summed E-state index contributed by atoms with van der Waals surface area (Å²) in [5, 5.41) is 24.9. The molecule has 1 aromatic carbocycles. The first kappa shape index (κ1) is 27.8. The van der Waals surface area contributed by atoms with Crippen molar-refractivity contribution in [2.45, 2.75) is 56.8 Å². The van der Waals surface area contributed by atoms with Crippen molar-refractivity contribution in [3.05, 3.63) is 53.7 Å². The van der Waals surface area contributed by atoms with Crippen LogP contribution < -0.4 is 10.6 Å². The number of H-pyrrole nitrogens is 1. The number of nitrogens with one attached hydrogen (secondary N) is 3. The van der Waals surface area contributed by atoms with Gasteiger partial charge in [-0.15, -0.1) is 0 Å². The highest BCUT2D eigenvalue weighted by Crippen LogP contribution is 2.39. The first-order chi connectivity index (χ1) is 18.2. The van der Waals surface area contributed by atoms with Crippen LogP contribution in [0.4, 0.5) is 11.5 Å². The molecule has 2 aliphatic rings. The summed E-state index contributed by atoms with van der Waals surface area (Å²) in [6.07, 6.45) is 5.47. The van der Waals surface area contributed by atoms with Crippen molar-refractivity contribution >= 4 is 23.3 Å². The largest absolute Gasteiger partial charge is 0.370 e. The Labute approximate surface area is 224 Å². The molecule has 10 nitrogen and oxygen atoms in total. The molecule has 10 heteroatoms. The van der Waals surface area contributed by atoms with Crippen LogP contribution in [0, 0.1) is 0 Å². The SMILES string of the molecule is CCC(O)(Nc1cccc(C(C)C(=O)Nc2cc(C3CC3)[nH]n2)c1)C1CN(C(=O)/C=C/CN(C)C)CCO1. The third kappa shape index (κ3) is 7.00. The number of carbonyl (C=O) groups excluding carboxylic acids is 2. The molecular weight excluding hydrogens is 484 g/mol. The zero-order chi connectivity index (χ0) is 27.3. The van der Waals surface area contributed by atoms with Gasteiger partial charge in [0.1, 0.15) is 6.10 Å². The van der Waals surface area contributed by atoms with Crippen LogP contribution in [0.5, 0.6) is 0 Å². The van der Waals surface area contributed by atoms with Gasteiger partial charge in [-0.1, -0.05) is 25.1 Å². The van der Waals surface area contributed by atoms with Crippen LogP contribution in [-0.2, 0) is 14.3 Å². The zero-order valence-corrected chi connectivity index (χ0v) is 22.7. The van der Waals surface area contributed by atoms with Crippen molar-refractivity contribution in [3.8, 4) is 0 Å². The third-order valence-electron chi connectivity index (χ3n) is 7.19. The van der Waals surface area contributed by atoms with Crippen molar-refractivity contribution in [1.82, 2.24) is 20.0 Å². The Bertz CT molecular complexity index is 1140. The minimum atomic E-state index is -1.40. The van der Waals surface area contributed by atoms with Crippen LogP contribution in [0.15, 0.2) is 42.5 Å². The predicted octanol–water partition coefficient (Wildman–Crippen LogP) is 2.89. The number of ether oxygens (including phenoxy) is 1. The number of hydrogen-bond donors (Lipinski definition) is 4. The van der Waals surface area contributed by atoms with Crippen molar-refractivity contribution in [1.29, 1.82) is 0 Å². The Balaban J connectivity index is 1.39. The molecular formula is C28H40N6O4. The highest BCUT2D eigenvalue weighted by molar-refractivity contribution is 5.95. The molecule has 1 saturated heterocycles. The Morgan fingerprint density at radius 3 is 2.84 bits per heavy atom. The topological polar surface area (TPSA) is 123 Å². The van der Waals surface area contributed by atoms with E-state index < -0.39 is 17.7 Å². The molecule has 1 aliphatic heterocycles. The van der Waals surface area contributed by atoms with E-state index in [4.69, 9.17) is 4.74 Å². The summed E-state index contributed by atoms with van der Waals surface area (Å²) in [5.41, 5.74) is 1.13. The third-order valence-corrected chi connectivity index (χ3v) is 7.19. The van der Waals surface area contributed by atoms with E-state index >= 15 is 0 Å². The number of hydrogen-bond acceptors (Lipinski definition) is 7. The standard InChI is InChI=1S/C28H40N6O4/c1-5-28(37,24-18-34(14-15-38-24)26(35)10-7-13-33(3)4)30-22-9-6-8-21(16-22)19(2)27(36)29-25-17-23(31-32-25)20-11-12-20/h6-10,16-17,19-20,24,30,37H,5,11-15,18H2,1-4H3,(H2,29,31,32,36)/b10-7+. The predicted molar refractivity (Wildman–Crippen MR) is 147 cm³/mol. The number of nitrogens with zero attached hydrogens (tertiary/aromatic N) is 3. The molecule has 0 radical (unpaired) electrons. The molecule has 2 fully saturated rings. The highest BCUT2D eigenvalue weighted by Gasteiger charge is 2.40. The van der Waals surface area contributed by atoms with E-state index in [2.05, 4.69) is 20.8 Å². The highest BCUT2D eigenvalue weighted by atomic mass is 16.5. The number of aromatic amines is 1. The van der Waals surface area contributed by atoms with Crippen molar-refractivity contribution in [2.24, 2.45) is 0 Å². The van der Waals surface area contributed by atoms with Crippen LogP contribution in [0.3, 0.4) is 0 Å². The van der Waals surface area contributed by atoms with Gasteiger partial charge in [0.15, 0.2) is 11.5 Å². The van der Waals surface area contributed by atoms with Crippen molar-refractivity contribution < 1.29 is 19.4 Å². The lowest BCUT2D eigenvalue weighted by Crippen LogP contribution is -2.58. The van der Waals surface area contributed by atoms with Gasteiger partial charge in [-0.25, -0.2) is 0 Å². The van der Waals surface area contributed by atoms with Gasteiger partial charge in [0.2, 0.25) is 11.8 Å². The van der Waals surface area contributed by atoms with Gasteiger partial charge in [-0.05, 0) is 58.0 Å². The molecule has 4 N–H and O–H groups in total. The van der Waals surface area contributed by atoms with Crippen molar-refractivity contribution in [2.75, 3.05) is 51.0 Å². The summed E-state index contributed by atoms with van der Waals surface area (Å²) in [7, 11) is 3.89. The molecule has 0 spiro atoms. The molecule has 2 heterocycles. The van der Waals surface area contributed by atoms with E-state index in [0.717, 1.165) is 24.1 Å². The van der Waals surface area contributed by atoms with Gasteiger partial charge >= 0.3 is 0 Å². The summed E-state index contributed by atoms with van der Waals surface area (Å²) < 4.78 is 5.92. The van der Waals surface area contributed by atoms with Crippen LogP contribution in [-0.4, -0.2) is 89.1 Å². The number of amides is 2. The van der Waals surface area contributed by atoms with Crippen LogP contribution in [0.25, 0.3) is 0 Å². The second-order valence-electron chi connectivity index (χ2n) is 10.5. The van der Waals surface area contributed by atoms with Crippen LogP contribution >= 0.6 is 0 Å². The number of benzene rings is 1. The summed E-state index contributed by atoms with van der Waals surface area (Å²) in [6.45, 7) is 5.47. The maximum Gasteiger partial charge on any atom is 0.246 e. The second kappa shape index (κ2) is 12.1. The number of aliphatic hydroxyl groups is 1. The number of morpholine rings is 1. The van der Waals surface area contributed by atoms with E-state index in [1.54, 1.807) is 11.0 Å². The fourth-order valence-corrected chi connectivity index (χ4v) is 4.53. The Morgan fingerprint density at radius 1 is 1.34 bits per heavy atom. The second-order valence-corrected chi connectivity index (χ2v) is 10.5. The minimum absolute atomic E-state index is 0.0957. The fourth-order valence-electron chi connectivity index (χ4n) is 4.53. The summed E-state index contributed by atoms with van der Waals surface area (Å²) >= 11 is 0. The Kier molecular flexibility index (Phi) is 8.86. The molecule has 3 unspecified atom stereocenters. The van der Waals surface area contributed by atoms with Gasteiger partial charge in [0.05, 0.1) is 19.1 Å². The molecule has 1 aliphatic carbocycles. The normalized spacial score (nSPS) is 20.4. The van der Waals surface area contributed by atoms with Crippen LogP contribution in [0.2, 0.25) is 0 Å². The molecule has 1 aromatic heterocycles. The fraction of sp³-hybridized carbons (Fsp3) is 0.536. The maximum absolute atomic E-state index is 12.9. The molecule has 3 atom stereocenters. The first-order valence-electron chi connectivity index (χ1n) is 13.4. The molecule has 1 saturated carbocycles. The number of likely N-dealkylation sites (N-methyl/N-ethyl adjacent to an activating group) is 1. The number of rotatable bonds is 11. The quantitative estimate of drug-likeness (QED) is 0.263. The molecule has 2 amide bonds. The van der Waals surface area contributed by atoms with E-state index in [9.17, 15) is 14.7 Å². The van der Waals surface area contributed by atoms with Gasteiger partial charge < -0.3 is 30.3 Å². The van der Waals surface area contributed by atoms with E-state index in [0.29, 0.717) is 43.5 Å². The van der Waals surface area contributed by atoms with Gasteiger partial charge in [-0.2, -0.15) is 5.10 Å². The Morgan fingerprint density at radius 2 is 2.13 bits per heavy atom. The average Bonchev–Trinajstić information content (AvgIpc) is 3.66. The average molecular weight is 525 g/mol. The van der Waals surface area contributed by atoms with Crippen molar-refractivity contribution in [3.63, 3.8) is 0 Å². The molecule has 0 bridgehead atoms. The zero-order valence-electron chi connectivity index (χ0n) is 22.7. The summed E-state index contributed by atoms with van der Waals surface area (Å²) in [5.74, 6) is 0.378. The summed E-state index contributed by atoms with van der Waals surface area (Å²) in [4.78, 5) is 29.3. The minimum Gasteiger partial charge on any atom is -0.370 e. The first-order valence-corrected chi connectivity index (χ1v) is 13.4. The molecule has 2 aromatic rings. The molecule has 38 heavy (non-hydrogen) atoms. The van der Waals surface area contributed by atoms with E-state index in [-0.39, 0.29) is 18.4 Å². The lowest BCUT2D eigenvalue weighted by molar-refractivity contribution is -0.151. The van der Waals surface area contributed by atoms with Gasteiger partial charge in [-0.3, -0.25) is 14.7 Å². The number of aromatic nitrogens is 2. The van der Waals surface area contributed by atoms with Gasteiger partial charge in [0, 0.05) is 42.5 Å². The maximum atomic E-state index is 12.9. The lowest BCUT2D eigenvalue weighted by Gasteiger charge is -2.42. The summed E-state index contributed by atoms with van der Waals surface area (Å²) in [6, 6.07) is 9.35. The Hall–Kier alpha value is -3.21. The number of carbonyl (C=O) groups is 2. The monoisotopic (exact) mass is 524 g/mol. The number of anilines is 2. The molecule has 4 rings (SSSR count). The van der Waals surface area contributed by atoms with Gasteiger partial charge in [0.25, 0.3) is 0 Å². The van der Waals surface area contributed by atoms with E-state index in [1.165, 1.54) is 0 Å². The lowest BCUT2D eigenvalue weighted by atomic mass is 9.97.